The highest BCUT2D eigenvalue weighted by Gasteiger charge is 1.97. The van der Waals surface area contributed by atoms with Gasteiger partial charge in [-0.05, 0) is 6.42 Å². The molecule has 0 saturated carbocycles. The van der Waals surface area contributed by atoms with Crippen molar-refractivity contribution in [1.29, 1.82) is 0 Å². The number of carboxylic acids is 1. The van der Waals surface area contributed by atoms with Gasteiger partial charge in [-0.1, -0.05) is 96.8 Å². The standard InChI is InChI=1S/C18H36O2.CH2O2.H3N/c1-2-3-4-5-6-7-8-9-10-11-12-13-14-15-16-17-18(19)20;2-1-3;/h2-17H2,1H3,(H,19,20);1H,(H,2,3);1H3. The highest BCUT2D eigenvalue weighted by molar-refractivity contribution is 5.66. The van der Waals surface area contributed by atoms with Crippen LogP contribution in [-0.4, -0.2) is 22.7 Å². The number of carboxylic acid groups (broad SMARTS) is 2. The molecule has 0 atom stereocenters. The number of hydrogen-bond donors (Lipinski definition) is 3. The molecule has 146 valence electrons. The summed E-state index contributed by atoms with van der Waals surface area (Å²) in [6.45, 7) is 2.02. The van der Waals surface area contributed by atoms with Crippen molar-refractivity contribution in [2.75, 3.05) is 0 Å². The van der Waals surface area contributed by atoms with Crippen molar-refractivity contribution < 1.29 is 19.8 Å². The lowest BCUT2D eigenvalue weighted by atomic mass is 10.0. The third kappa shape index (κ3) is 32.7. The summed E-state index contributed by atoms with van der Waals surface area (Å²) in [6, 6.07) is 0. The van der Waals surface area contributed by atoms with Crippen LogP contribution >= 0.6 is 0 Å². The summed E-state index contributed by atoms with van der Waals surface area (Å²) < 4.78 is 0. The molecule has 0 aromatic carbocycles. The van der Waals surface area contributed by atoms with E-state index in [1.54, 1.807) is 0 Å². The van der Waals surface area contributed by atoms with Gasteiger partial charge in [-0.2, -0.15) is 0 Å². The average Bonchev–Trinajstić information content (AvgIpc) is 2.51. The first-order chi connectivity index (χ1) is 11.2. The first-order valence-electron chi connectivity index (χ1n) is 9.48. The van der Waals surface area contributed by atoms with Gasteiger partial charge in [-0.15, -0.1) is 0 Å². The normalized spacial score (nSPS) is 9.54. The Labute approximate surface area is 148 Å². The van der Waals surface area contributed by atoms with E-state index in [-0.39, 0.29) is 12.6 Å². The summed E-state index contributed by atoms with van der Waals surface area (Å²) in [5, 5.41) is 15.4. The van der Waals surface area contributed by atoms with Gasteiger partial charge in [-0.3, -0.25) is 9.59 Å². The number of unbranched alkanes of at least 4 members (excludes halogenated alkanes) is 14. The van der Waals surface area contributed by atoms with Crippen LogP contribution in [-0.2, 0) is 9.59 Å². The molecule has 0 amide bonds. The van der Waals surface area contributed by atoms with Gasteiger partial charge in [-0.25, -0.2) is 0 Å². The second-order valence-electron chi connectivity index (χ2n) is 6.20. The molecule has 0 rings (SSSR count). The van der Waals surface area contributed by atoms with Crippen LogP contribution in [0, 0.1) is 0 Å². The minimum Gasteiger partial charge on any atom is -0.483 e. The molecule has 0 aliphatic heterocycles. The Balaban J connectivity index is -0.00000102. The Kier molecular flexibility index (Phi) is 30.9. The molecule has 0 spiro atoms. The van der Waals surface area contributed by atoms with E-state index in [0.717, 1.165) is 12.8 Å². The summed E-state index contributed by atoms with van der Waals surface area (Å²) in [5.41, 5.74) is 0. The van der Waals surface area contributed by atoms with Crippen LogP contribution in [0.15, 0.2) is 0 Å². The van der Waals surface area contributed by atoms with Crippen molar-refractivity contribution in [1.82, 2.24) is 6.15 Å². The zero-order valence-corrected chi connectivity index (χ0v) is 15.8. The van der Waals surface area contributed by atoms with Crippen LogP contribution < -0.4 is 6.15 Å². The Bertz CT molecular complexity index is 248. The van der Waals surface area contributed by atoms with E-state index >= 15 is 0 Å². The largest absolute Gasteiger partial charge is 0.483 e. The minimum atomic E-state index is -0.653. The van der Waals surface area contributed by atoms with Gasteiger partial charge < -0.3 is 16.4 Å². The molecule has 5 heteroatoms. The van der Waals surface area contributed by atoms with E-state index < -0.39 is 5.97 Å². The van der Waals surface area contributed by atoms with Crippen LogP contribution in [0.5, 0.6) is 0 Å². The average molecular weight is 348 g/mol. The van der Waals surface area contributed by atoms with Crippen molar-refractivity contribution in [3.05, 3.63) is 0 Å². The number of hydrogen-bond acceptors (Lipinski definition) is 3. The van der Waals surface area contributed by atoms with Crippen molar-refractivity contribution in [3.63, 3.8) is 0 Å². The van der Waals surface area contributed by atoms with Gasteiger partial charge in [0.15, 0.2) is 0 Å². The summed E-state index contributed by atoms with van der Waals surface area (Å²) in [4.78, 5) is 18.7. The molecule has 0 aliphatic carbocycles. The smallest absolute Gasteiger partial charge is 0.303 e. The molecule has 0 aromatic rings. The van der Waals surface area contributed by atoms with Gasteiger partial charge in [0.1, 0.15) is 0 Å². The maximum absolute atomic E-state index is 10.3. The molecule has 0 aromatic heterocycles. The Hall–Kier alpha value is -1.10. The van der Waals surface area contributed by atoms with Crippen LogP contribution in [0.4, 0.5) is 0 Å². The highest BCUT2D eigenvalue weighted by Crippen LogP contribution is 2.13. The van der Waals surface area contributed by atoms with Gasteiger partial charge in [0.2, 0.25) is 0 Å². The highest BCUT2D eigenvalue weighted by atomic mass is 16.4. The molecule has 0 aliphatic rings. The monoisotopic (exact) mass is 347 g/mol. The van der Waals surface area contributed by atoms with E-state index in [2.05, 4.69) is 6.92 Å². The van der Waals surface area contributed by atoms with Crippen molar-refractivity contribution >= 4 is 12.4 Å². The number of rotatable bonds is 16. The van der Waals surface area contributed by atoms with E-state index in [1.807, 2.05) is 0 Å². The second kappa shape index (κ2) is 26.8. The van der Waals surface area contributed by atoms with Crippen LogP contribution in [0.1, 0.15) is 110 Å². The number of aliphatic carboxylic acids is 1. The summed E-state index contributed by atoms with van der Waals surface area (Å²) >= 11 is 0. The Morgan fingerprint density at radius 2 is 0.958 bits per heavy atom. The molecule has 0 radical (unpaired) electrons. The van der Waals surface area contributed by atoms with Crippen molar-refractivity contribution in [2.45, 2.75) is 110 Å². The second-order valence-corrected chi connectivity index (χ2v) is 6.20. The summed E-state index contributed by atoms with van der Waals surface area (Å²) in [7, 11) is 0. The molecule has 5 nitrogen and oxygen atoms in total. The molecule has 5 N–H and O–H groups in total. The lowest BCUT2D eigenvalue weighted by molar-refractivity contribution is -0.137. The van der Waals surface area contributed by atoms with Gasteiger partial charge in [0.25, 0.3) is 6.47 Å². The van der Waals surface area contributed by atoms with E-state index in [9.17, 15) is 4.79 Å². The minimum absolute atomic E-state index is 0. The number of carbonyl (C=O) groups is 2. The third-order valence-corrected chi connectivity index (χ3v) is 3.99. The van der Waals surface area contributed by atoms with Crippen molar-refractivity contribution in [2.24, 2.45) is 0 Å². The van der Waals surface area contributed by atoms with Crippen LogP contribution in [0.2, 0.25) is 0 Å². The van der Waals surface area contributed by atoms with Gasteiger partial charge >= 0.3 is 5.97 Å². The van der Waals surface area contributed by atoms with Gasteiger partial charge in [0, 0.05) is 6.42 Å². The molecule has 0 fully saturated rings. The van der Waals surface area contributed by atoms with Crippen LogP contribution in [0.25, 0.3) is 0 Å². The fourth-order valence-corrected chi connectivity index (χ4v) is 2.65. The van der Waals surface area contributed by atoms with E-state index in [0.29, 0.717) is 6.42 Å². The third-order valence-electron chi connectivity index (χ3n) is 3.99. The van der Waals surface area contributed by atoms with Crippen molar-refractivity contribution in [3.8, 4) is 0 Å². The molecule has 0 heterocycles. The summed E-state index contributed by atoms with van der Waals surface area (Å²) in [6.07, 6.45) is 20.2. The maximum Gasteiger partial charge on any atom is 0.303 e. The van der Waals surface area contributed by atoms with Gasteiger partial charge in [0.05, 0.1) is 0 Å². The molecule has 24 heavy (non-hydrogen) atoms. The molecule has 0 unspecified atom stereocenters. The topological polar surface area (TPSA) is 110 Å². The molecular formula is C19H41NO4. The zero-order valence-electron chi connectivity index (χ0n) is 15.8. The lowest BCUT2D eigenvalue weighted by Gasteiger charge is -2.03. The Morgan fingerprint density at radius 1 is 0.708 bits per heavy atom. The van der Waals surface area contributed by atoms with Crippen LogP contribution in [0.3, 0.4) is 0 Å². The summed E-state index contributed by atoms with van der Waals surface area (Å²) in [5.74, 6) is -0.653. The lowest BCUT2D eigenvalue weighted by Crippen LogP contribution is -1.93. The van der Waals surface area contributed by atoms with E-state index in [4.69, 9.17) is 15.0 Å². The van der Waals surface area contributed by atoms with E-state index in [1.165, 1.54) is 83.5 Å². The quantitative estimate of drug-likeness (QED) is 0.227. The Morgan fingerprint density at radius 3 is 1.21 bits per heavy atom. The first kappa shape index (κ1) is 27.7. The first-order valence-corrected chi connectivity index (χ1v) is 9.48. The fourth-order valence-electron chi connectivity index (χ4n) is 2.65. The molecule has 0 saturated heterocycles. The maximum atomic E-state index is 10.3. The predicted molar refractivity (Wildman–Crippen MR) is 101 cm³/mol. The SMILES string of the molecule is CCCCCCCCCCCCCCCCCC(=O)O.N.O=CO. The predicted octanol–water partition coefficient (Wildman–Crippen LogP) is 6.20. The molecular weight excluding hydrogens is 306 g/mol. The zero-order chi connectivity index (χ0) is 17.6. The fraction of sp³-hybridized carbons (Fsp3) is 0.895. The molecule has 0 bridgehead atoms.